The van der Waals surface area contributed by atoms with E-state index < -0.39 is 0 Å². The van der Waals surface area contributed by atoms with Crippen LogP contribution in [0.5, 0.6) is 23.0 Å². The number of hydrogen-bond donors (Lipinski definition) is 0. The van der Waals surface area contributed by atoms with Crippen molar-refractivity contribution in [3.8, 4) is 23.0 Å². The molecule has 5 heteroatoms. The van der Waals surface area contributed by atoms with Gasteiger partial charge in [0.1, 0.15) is 5.75 Å². The maximum absolute atomic E-state index is 5.82. The van der Waals surface area contributed by atoms with E-state index in [1.54, 1.807) is 32.5 Å². The number of benzene rings is 1. The number of pyridine rings is 1. The SMILES string of the molecule is COc1cccc(OC)c1Oc1ccnc(CCl)c1. The zero-order chi connectivity index (χ0) is 13.7. The molecule has 0 amide bonds. The molecular formula is C14H14ClNO3. The Morgan fingerprint density at radius 2 is 1.79 bits per heavy atom. The second kappa shape index (κ2) is 6.29. The van der Waals surface area contributed by atoms with Crippen molar-refractivity contribution in [1.29, 1.82) is 0 Å². The van der Waals surface area contributed by atoms with Crippen LogP contribution in [0.3, 0.4) is 0 Å². The second-order valence-corrected chi connectivity index (χ2v) is 3.98. The van der Waals surface area contributed by atoms with E-state index >= 15 is 0 Å². The molecule has 2 aromatic rings. The number of nitrogens with zero attached hydrogens (tertiary/aromatic N) is 1. The number of rotatable bonds is 5. The predicted molar refractivity (Wildman–Crippen MR) is 73.4 cm³/mol. The summed E-state index contributed by atoms with van der Waals surface area (Å²) in [6.45, 7) is 0. The third kappa shape index (κ3) is 3.09. The summed E-state index contributed by atoms with van der Waals surface area (Å²) in [4.78, 5) is 4.11. The molecule has 0 atom stereocenters. The molecular weight excluding hydrogens is 266 g/mol. The molecule has 2 rings (SSSR count). The van der Waals surface area contributed by atoms with E-state index in [0.29, 0.717) is 28.9 Å². The molecule has 1 aromatic carbocycles. The van der Waals surface area contributed by atoms with Crippen LogP contribution in [0.4, 0.5) is 0 Å². The third-order valence-corrected chi connectivity index (χ3v) is 2.80. The molecule has 0 aliphatic carbocycles. The van der Waals surface area contributed by atoms with Gasteiger partial charge in [-0.3, -0.25) is 4.98 Å². The van der Waals surface area contributed by atoms with Crippen molar-refractivity contribution in [1.82, 2.24) is 4.98 Å². The monoisotopic (exact) mass is 279 g/mol. The zero-order valence-corrected chi connectivity index (χ0v) is 11.5. The van der Waals surface area contributed by atoms with Crippen molar-refractivity contribution in [2.45, 2.75) is 5.88 Å². The van der Waals surface area contributed by atoms with Gasteiger partial charge in [0, 0.05) is 12.3 Å². The molecule has 0 bridgehead atoms. The molecule has 0 radical (unpaired) electrons. The van der Waals surface area contributed by atoms with E-state index in [4.69, 9.17) is 25.8 Å². The molecule has 19 heavy (non-hydrogen) atoms. The average Bonchev–Trinajstić information content (AvgIpc) is 2.47. The first-order chi connectivity index (χ1) is 9.28. The standard InChI is InChI=1S/C14H14ClNO3/c1-17-12-4-3-5-13(18-2)14(12)19-11-6-7-16-10(8-11)9-15/h3-8H,9H2,1-2H3. The Morgan fingerprint density at radius 1 is 1.11 bits per heavy atom. The van der Waals surface area contributed by atoms with Crippen molar-refractivity contribution in [3.05, 3.63) is 42.2 Å². The minimum atomic E-state index is 0.334. The topological polar surface area (TPSA) is 40.6 Å². The van der Waals surface area contributed by atoms with Crippen molar-refractivity contribution < 1.29 is 14.2 Å². The van der Waals surface area contributed by atoms with Crippen molar-refractivity contribution in [2.24, 2.45) is 0 Å². The number of hydrogen-bond acceptors (Lipinski definition) is 4. The van der Waals surface area contributed by atoms with E-state index in [9.17, 15) is 0 Å². The number of ether oxygens (including phenoxy) is 3. The van der Waals surface area contributed by atoms with Gasteiger partial charge in [0.05, 0.1) is 25.8 Å². The Labute approximate surface area is 116 Å². The Kier molecular flexibility index (Phi) is 4.47. The van der Waals surface area contributed by atoms with Gasteiger partial charge in [-0.15, -0.1) is 11.6 Å². The van der Waals surface area contributed by atoms with E-state index in [1.807, 2.05) is 18.2 Å². The van der Waals surface area contributed by atoms with Crippen LogP contribution in [0.25, 0.3) is 0 Å². The van der Waals surface area contributed by atoms with Crippen LogP contribution in [0.1, 0.15) is 5.69 Å². The minimum absolute atomic E-state index is 0.334. The van der Waals surface area contributed by atoms with Crippen molar-refractivity contribution in [2.75, 3.05) is 14.2 Å². The molecule has 1 heterocycles. The van der Waals surface area contributed by atoms with Crippen LogP contribution in [0.2, 0.25) is 0 Å². The van der Waals surface area contributed by atoms with Crippen molar-refractivity contribution in [3.63, 3.8) is 0 Å². The normalized spacial score (nSPS) is 10.1. The summed E-state index contributed by atoms with van der Waals surface area (Å²) in [7, 11) is 3.16. The quantitative estimate of drug-likeness (QED) is 0.784. The molecule has 1 aromatic heterocycles. The maximum atomic E-state index is 5.82. The molecule has 0 unspecified atom stereocenters. The smallest absolute Gasteiger partial charge is 0.210 e. The molecule has 0 saturated carbocycles. The summed E-state index contributed by atoms with van der Waals surface area (Å²) < 4.78 is 16.4. The van der Waals surface area contributed by atoms with Crippen LogP contribution in [-0.4, -0.2) is 19.2 Å². The Morgan fingerprint density at radius 3 is 2.37 bits per heavy atom. The van der Waals surface area contributed by atoms with Crippen LogP contribution >= 0.6 is 11.6 Å². The lowest BCUT2D eigenvalue weighted by molar-refractivity contribution is 0.346. The number of aromatic nitrogens is 1. The molecule has 100 valence electrons. The van der Waals surface area contributed by atoms with Crippen LogP contribution < -0.4 is 14.2 Å². The fourth-order valence-electron chi connectivity index (χ4n) is 1.63. The number of halogens is 1. The van der Waals surface area contributed by atoms with Gasteiger partial charge < -0.3 is 14.2 Å². The minimum Gasteiger partial charge on any atom is -0.493 e. The Hall–Kier alpha value is -1.94. The lowest BCUT2D eigenvalue weighted by atomic mass is 10.3. The summed E-state index contributed by atoms with van der Waals surface area (Å²) in [5.74, 6) is 2.69. The van der Waals surface area contributed by atoms with Gasteiger partial charge in [-0.25, -0.2) is 0 Å². The molecule has 0 aliphatic heterocycles. The first-order valence-electron chi connectivity index (χ1n) is 5.68. The fraction of sp³-hybridized carbons (Fsp3) is 0.214. The highest BCUT2D eigenvalue weighted by Gasteiger charge is 2.12. The van der Waals surface area contributed by atoms with Gasteiger partial charge in [0.2, 0.25) is 5.75 Å². The molecule has 0 N–H and O–H groups in total. The zero-order valence-electron chi connectivity index (χ0n) is 10.7. The molecule has 4 nitrogen and oxygen atoms in total. The summed E-state index contributed by atoms with van der Waals surface area (Å²) in [6.07, 6.45) is 1.65. The van der Waals surface area contributed by atoms with Gasteiger partial charge in [0.15, 0.2) is 11.5 Å². The second-order valence-electron chi connectivity index (χ2n) is 3.71. The highest BCUT2D eigenvalue weighted by atomic mass is 35.5. The third-order valence-electron chi connectivity index (χ3n) is 2.53. The number of methoxy groups -OCH3 is 2. The first-order valence-corrected chi connectivity index (χ1v) is 6.21. The fourth-order valence-corrected chi connectivity index (χ4v) is 1.77. The number of para-hydroxylation sites is 1. The Bertz CT molecular complexity index is 538. The maximum Gasteiger partial charge on any atom is 0.210 e. The highest BCUT2D eigenvalue weighted by Crippen LogP contribution is 2.39. The van der Waals surface area contributed by atoms with E-state index in [2.05, 4.69) is 4.98 Å². The van der Waals surface area contributed by atoms with Crippen LogP contribution in [-0.2, 0) is 5.88 Å². The molecule has 0 aliphatic rings. The summed E-state index contributed by atoms with van der Waals surface area (Å²) in [6, 6.07) is 8.98. The largest absolute Gasteiger partial charge is 0.493 e. The Balaban J connectivity index is 2.36. The lowest BCUT2D eigenvalue weighted by Gasteiger charge is -2.13. The van der Waals surface area contributed by atoms with E-state index in [0.717, 1.165) is 5.69 Å². The number of alkyl halides is 1. The molecule has 0 spiro atoms. The summed E-state index contributed by atoms with van der Waals surface area (Å²) in [5, 5.41) is 0. The van der Waals surface area contributed by atoms with E-state index in [1.165, 1.54) is 0 Å². The first kappa shape index (κ1) is 13.5. The van der Waals surface area contributed by atoms with Crippen LogP contribution in [0.15, 0.2) is 36.5 Å². The van der Waals surface area contributed by atoms with Gasteiger partial charge in [-0.05, 0) is 18.2 Å². The van der Waals surface area contributed by atoms with E-state index in [-0.39, 0.29) is 0 Å². The van der Waals surface area contributed by atoms with Gasteiger partial charge in [-0.2, -0.15) is 0 Å². The van der Waals surface area contributed by atoms with Crippen LogP contribution in [0, 0.1) is 0 Å². The predicted octanol–water partition coefficient (Wildman–Crippen LogP) is 3.63. The summed E-state index contributed by atoms with van der Waals surface area (Å²) >= 11 is 5.75. The van der Waals surface area contributed by atoms with Gasteiger partial charge in [-0.1, -0.05) is 6.07 Å². The van der Waals surface area contributed by atoms with Gasteiger partial charge in [0.25, 0.3) is 0 Å². The summed E-state index contributed by atoms with van der Waals surface area (Å²) in [5.41, 5.74) is 0.744. The van der Waals surface area contributed by atoms with Crippen molar-refractivity contribution >= 4 is 11.6 Å². The molecule has 0 fully saturated rings. The highest BCUT2D eigenvalue weighted by molar-refractivity contribution is 6.16. The lowest BCUT2D eigenvalue weighted by Crippen LogP contribution is -1.95. The molecule has 0 saturated heterocycles. The van der Waals surface area contributed by atoms with Gasteiger partial charge >= 0.3 is 0 Å². The average molecular weight is 280 g/mol.